The summed E-state index contributed by atoms with van der Waals surface area (Å²) >= 11 is 0.932. The Morgan fingerprint density at radius 3 is 2.46 bits per heavy atom. The number of thioether (sulfide) groups is 1. The summed E-state index contributed by atoms with van der Waals surface area (Å²) in [7, 11) is 0. The molecule has 0 radical (unpaired) electrons. The van der Waals surface area contributed by atoms with Crippen molar-refractivity contribution >= 4 is 35.4 Å². The zero-order valence-corrected chi connectivity index (χ0v) is 15.7. The van der Waals surface area contributed by atoms with Crippen LogP contribution in [0.5, 0.6) is 0 Å². The second-order valence-electron chi connectivity index (χ2n) is 6.34. The Bertz CT molecular complexity index is 701. The summed E-state index contributed by atoms with van der Waals surface area (Å²) < 4.78 is 4.94. The summed E-state index contributed by atoms with van der Waals surface area (Å²) in [6.07, 6.45) is -1.18. The number of nitro groups is 1. The molecular formula is C16H21N3O6S. The van der Waals surface area contributed by atoms with E-state index < -0.39 is 34.5 Å². The van der Waals surface area contributed by atoms with E-state index in [0.29, 0.717) is 4.90 Å². The molecule has 2 N–H and O–H groups in total. The smallest absolute Gasteiger partial charge is 0.321 e. The molecule has 3 amide bonds. The minimum atomic E-state index is -1.18. The van der Waals surface area contributed by atoms with Crippen molar-refractivity contribution in [2.45, 2.75) is 44.2 Å². The molecule has 26 heavy (non-hydrogen) atoms. The maximum atomic E-state index is 11.8. The van der Waals surface area contributed by atoms with Crippen LogP contribution in [0.1, 0.15) is 27.7 Å². The standard InChI is InChI=1S/C16H21N3O6S/c1-10(14(21)17-15(22)18-16(2,3)4)25-13(20)9-26-12-8-6-5-7-11(12)19(23)24/h5-8,10H,9H2,1-4H3,(H2,17,18,21,22)/t10-/m0/s1. The number of esters is 1. The number of benzene rings is 1. The number of nitro benzene ring substituents is 1. The molecule has 0 aliphatic carbocycles. The number of nitrogens with zero attached hydrogens (tertiary/aromatic N) is 1. The van der Waals surface area contributed by atoms with Crippen LogP contribution in [0.15, 0.2) is 29.2 Å². The lowest BCUT2D eigenvalue weighted by atomic mass is 10.1. The molecular weight excluding hydrogens is 362 g/mol. The molecule has 0 saturated carbocycles. The van der Waals surface area contributed by atoms with Crippen LogP contribution < -0.4 is 10.6 Å². The Balaban J connectivity index is 2.51. The van der Waals surface area contributed by atoms with Crippen LogP contribution in [0.4, 0.5) is 10.5 Å². The van der Waals surface area contributed by atoms with Gasteiger partial charge < -0.3 is 10.1 Å². The number of para-hydroxylation sites is 1. The normalized spacial score (nSPS) is 12.0. The van der Waals surface area contributed by atoms with E-state index in [2.05, 4.69) is 10.6 Å². The third kappa shape index (κ3) is 7.51. The first-order chi connectivity index (χ1) is 12.0. The average molecular weight is 383 g/mol. The summed E-state index contributed by atoms with van der Waals surface area (Å²) in [4.78, 5) is 46.0. The third-order valence-corrected chi connectivity index (χ3v) is 3.85. The van der Waals surface area contributed by atoms with Crippen molar-refractivity contribution < 1.29 is 24.0 Å². The molecule has 142 valence electrons. The van der Waals surface area contributed by atoms with E-state index in [9.17, 15) is 24.5 Å². The van der Waals surface area contributed by atoms with Crippen molar-refractivity contribution in [2.24, 2.45) is 0 Å². The molecule has 0 spiro atoms. The maximum absolute atomic E-state index is 11.8. The molecule has 0 bridgehead atoms. The lowest BCUT2D eigenvalue weighted by molar-refractivity contribution is -0.387. The number of amides is 3. The van der Waals surface area contributed by atoms with Crippen LogP contribution in [0.2, 0.25) is 0 Å². The number of ether oxygens (including phenoxy) is 1. The van der Waals surface area contributed by atoms with E-state index >= 15 is 0 Å². The monoisotopic (exact) mass is 383 g/mol. The van der Waals surface area contributed by atoms with E-state index in [-0.39, 0.29) is 11.4 Å². The molecule has 1 rings (SSSR count). The highest BCUT2D eigenvalue weighted by molar-refractivity contribution is 8.00. The van der Waals surface area contributed by atoms with Crippen molar-refractivity contribution in [3.05, 3.63) is 34.4 Å². The molecule has 1 aromatic rings. The van der Waals surface area contributed by atoms with E-state index in [4.69, 9.17) is 4.74 Å². The first-order valence-electron chi connectivity index (χ1n) is 7.68. The fraction of sp³-hybridized carbons (Fsp3) is 0.438. The Labute approximate surface area is 155 Å². The van der Waals surface area contributed by atoms with Gasteiger partial charge in [-0.2, -0.15) is 0 Å². The predicted octanol–water partition coefficient (Wildman–Crippen LogP) is 2.24. The largest absolute Gasteiger partial charge is 0.452 e. The van der Waals surface area contributed by atoms with Gasteiger partial charge >= 0.3 is 12.0 Å². The predicted molar refractivity (Wildman–Crippen MR) is 95.8 cm³/mol. The van der Waals surface area contributed by atoms with Crippen molar-refractivity contribution in [2.75, 3.05) is 5.75 Å². The highest BCUT2D eigenvalue weighted by Crippen LogP contribution is 2.28. The van der Waals surface area contributed by atoms with E-state index in [0.717, 1.165) is 11.8 Å². The second-order valence-corrected chi connectivity index (χ2v) is 7.36. The number of hydrogen-bond acceptors (Lipinski definition) is 7. The first kappa shape index (κ1) is 21.4. The zero-order chi connectivity index (χ0) is 19.9. The van der Waals surface area contributed by atoms with E-state index in [1.165, 1.54) is 25.1 Å². The molecule has 0 saturated heterocycles. The first-order valence-corrected chi connectivity index (χ1v) is 8.67. The zero-order valence-electron chi connectivity index (χ0n) is 14.9. The number of hydrogen-bond donors (Lipinski definition) is 2. The second kappa shape index (κ2) is 9.18. The van der Waals surface area contributed by atoms with Crippen molar-refractivity contribution in [3.8, 4) is 0 Å². The number of carbonyl (C=O) groups is 3. The van der Waals surface area contributed by atoms with Gasteiger partial charge in [-0.3, -0.25) is 25.0 Å². The van der Waals surface area contributed by atoms with Crippen molar-refractivity contribution in [3.63, 3.8) is 0 Å². The summed E-state index contributed by atoms with van der Waals surface area (Å²) in [5.74, 6) is -1.71. The van der Waals surface area contributed by atoms with Crippen molar-refractivity contribution in [1.29, 1.82) is 0 Å². The fourth-order valence-corrected chi connectivity index (χ4v) is 2.54. The fourth-order valence-electron chi connectivity index (χ4n) is 1.74. The van der Waals surface area contributed by atoms with Crippen LogP contribution in [0.25, 0.3) is 0 Å². The van der Waals surface area contributed by atoms with Crippen LogP contribution in [0, 0.1) is 10.1 Å². The van der Waals surface area contributed by atoms with Crippen LogP contribution in [-0.4, -0.2) is 40.2 Å². The Kier molecular flexibility index (Phi) is 7.56. The quantitative estimate of drug-likeness (QED) is 0.334. The van der Waals surface area contributed by atoms with Crippen LogP contribution in [0.3, 0.4) is 0 Å². The van der Waals surface area contributed by atoms with Gasteiger partial charge in [-0.05, 0) is 33.8 Å². The summed E-state index contributed by atoms with van der Waals surface area (Å²) in [6, 6.07) is 5.29. The number of nitrogens with one attached hydrogen (secondary N) is 2. The topological polar surface area (TPSA) is 128 Å². The number of imide groups is 1. The molecule has 0 aliphatic rings. The van der Waals surface area contributed by atoms with Gasteiger partial charge in [-0.1, -0.05) is 12.1 Å². The summed E-state index contributed by atoms with van der Waals surface area (Å²) in [6.45, 7) is 6.58. The lowest BCUT2D eigenvalue weighted by Crippen LogP contribution is -2.50. The van der Waals surface area contributed by atoms with Crippen LogP contribution >= 0.6 is 11.8 Å². The van der Waals surface area contributed by atoms with Gasteiger partial charge in [0.2, 0.25) is 0 Å². The molecule has 0 unspecified atom stereocenters. The van der Waals surface area contributed by atoms with E-state index in [1.54, 1.807) is 26.8 Å². The van der Waals surface area contributed by atoms with Gasteiger partial charge in [0.25, 0.3) is 11.6 Å². The number of rotatable bonds is 6. The highest BCUT2D eigenvalue weighted by Gasteiger charge is 2.22. The molecule has 0 fully saturated rings. The SMILES string of the molecule is C[C@H](OC(=O)CSc1ccccc1[N+](=O)[O-])C(=O)NC(=O)NC(C)(C)C. The van der Waals surface area contributed by atoms with E-state index in [1.807, 2.05) is 0 Å². The maximum Gasteiger partial charge on any atom is 0.321 e. The lowest BCUT2D eigenvalue weighted by Gasteiger charge is -2.21. The average Bonchev–Trinajstić information content (AvgIpc) is 2.51. The number of urea groups is 1. The molecule has 0 heterocycles. The molecule has 1 aromatic carbocycles. The highest BCUT2D eigenvalue weighted by atomic mass is 32.2. The Morgan fingerprint density at radius 2 is 1.88 bits per heavy atom. The minimum absolute atomic E-state index is 0.116. The van der Waals surface area contributed by atoms with Crippen molar-refractivity contribution in [1.82, 2.24) is 10.6 Å². The molecule has 0 aromatic heterocycles. The minimum Gasteiger partial charge on any atom is -0.452 e. The summed E-state index contributed by atoms with van der Waals surface area (Å²) in [5, 5.41) is 15.5. The van der Waals surface area contributed by atoms with Gasteiger partial charge in [-0.15, -0.1) is 11.8 Å². The molecule has 9 nitrogen and oxygen atoms in total. The van der Waals surface area contributed by atoms with Crippen LogP contribution in [-0.2, 0) is 14.3 Å². The molecule has 0 aliphatic heterocycles. The third-order valence-electron chi connectivity index (χ3n) is 2.81. The molecule has 10 heteroatoms. The van der Waals surface area contributed by atoms with Gasteiger partial charge in [0.15, 0.2) is 6.10 Å². The van der Waals surface area contributed by atoms with Gasteiger partial charge in [-0.25, -0.2) is 4.79 Å². The summed E-state index contributed by atoms with van der Waals surface area (Å²) in [5.41, 5.74) is -0.638. The Morgan fingerprint density at radius 1 is 1.27 bits per heavy atom. The molecule has 1 atom stereocenters. The number of carbonyl (C=O) groups excluding carboxylic acids is 3. The Hall–Kier alpha value is -2.62. The van der Waals surface area contributed by atoms with Gasteiger partial charge in [0, 0.05) is 11.6 Å². The van der Waals surface area contributed by atoms with Gasteiger partial charge in [0.05, 0.1) is 15.6 Å². The van der Waals surface area contributed by atoms with Gasteiger partial charge in [0.1, 0.15) is 0 Å².